The van der Waals surface area contributed by atoms with Crippen molar-refractivity contribution in [3.63, 3.8) is 0 Å². The lowest BCUT2D eigenvalue weighted by Gasteiger charge is -2.39. The molecule has 1 unspecified atom stereocenters. The number of halogens is 1. The van der Waals surface area contributed by atoms with Crippen molar-refractivity contribution < 1.29 is 23.8 Å². The van der Waals surface area contributed by atoms with Crippen molar-refractivity contribution >= 4 is 23.2 Å². The second-order valence-electron chi connectivity index (χ2n) is 6.74. The molecule has 0 spiro atoms. The quantitative estimate of drug-likeness (QED) is 0.818. The highest BCUT2D eigenvalue weighted by Crippen LogP contribution is 2.31. The van der Waals surface area contributed by atoms with E-state index in [1.54, 1.807) is 23.6 Å². The van der Waals surface area contributed by atoms with Gasteiger partial charge in [-0.15, -0.1) is 11.3 Å². The van der Waals surface area contributed by atoms with Crippen molar-refractivity contribution in [2.45, 2.75) is 19.3 Å². The summed E-state index contributed by atoms with van der Waals surface area (Å²) in [6.45, 7) is 0.634. The minimum absolute atomic E-state index is 0.0573. The highest BCUT2D eigenvalue weighted by molar-refractivity contribution is 7.09. The molecule has 0 saturated carbocycles. The molecule has 0 radical (unpaired) electrons. The lowest BCUT2D eigenvalue weighted by Crippen LogP contribution is -2.52. The number of methoxy groups -OCH3 is 1. The van der Waals surface area contributed by atoms with Gasteiger partial charge in [0, 0.05) is 32.0 Å². The number of likely N-dealkylation sites (tertiary alicyclic amines) is 1. The van der Waals surface area contributed by atoms with Crippen LogP contribution < -0.4 is 0 Å². The van der Waals surface area contributed by atoms with E-state index in [1.807, 2.05) is 0 Å². The number of piperidine rings is 1. The number of ether oxygens (including phenoxy) is 1. The number of rotatable bonds is 6. The first-order valence-corrected chi connectivity index (χ1v) is 9.52. The Labute approximate surface area is 160 Å². The maximum Gasteiger partial charge on any atom is 0.313 e. The molecular formula is C19H21FN2O4S. The highest BCUT2D eigenvalue weighted by Gasteiger charge is 2.44. The van der Waals surface area contributed by atoms with Crippen LogP contribution in [0, 0.1) is 11.2 Å². The van der Waals surface area contributed by atoms with Crippen LogP contribution >= 0.6 is 11.3 Å². The van der Waals surface area contributed by atoms with Crippen molar-refractivity contribution in [1.29, 1.82) is 0 Å². The number of carboxylic acids is 1. The van der Waals surface area contributed by atoms with E-state index in [4.69, 9.17) is 4.74 Å². The molecule has 2 heterocycles. The molecule has 1 aromatic heterocycles. The van der Waals surface area contributed by atoms with Gasteiger partial charge in [0.1, 0.15) is 16.9 Å². The van der Waals surface area contributed by atoms with Crippen LogP contribution in [0.3, 0.4) is 0 Å². The second-order valence-corrected chi connectivity index (χ2v) is 7.69. The van der Waals surface area contributed by atoms with Gasteiger partial charge in [-0.1, -0.05) is 18.2 Å². The lowest BCUT2D eigenvalue weighted by atomic mass is 9.80. The number of carbonyl (C=O) groups excluding carboxylic acids is 1. The fraction of sp³-hybridized carbons (Fsp3) is 0.421. The van der Waals surface area contributed by atoms with Gasteiger partial charge in [-0.2, -0.15) is 0 Å². The first-order valence-electron chi connectivity index (χ1n) is 8.64. The fourth-order valence-corrected chi connectivity index (χ4v) is 4.18. The Morgan fingerprint density at radius 2 is 2.19 bits per heavy atom. The monoisotopic (exact) mass is 392 g/mol. The Bertz CT molecular complexity index is 837. The van der Waals surface area contributed by atoms with Crippen LogP contribution in [0.1, 0.15) is 33.9 Å². The third-order valence-electron chi connectivity index (χ3n) is 4.81. The lowest BCUT2D eigenvalue weighted by molar-refractivity contribution is -0.155. The summed E-state index contributed by atoms with van der Waals surface area (Å²) in [6.07, 6.45) is 1.37. The van der Waals surface area contributed by atoms with Crippen LogP contribution in [0.25, 0.3) is 0 Å². The molecule has 8 heteroatoms. The van der Waals surface area contributed by atoms with E-state index in [2.05, 4.69) is 4.98 Å². The van der Waals surface area contributed by atoms with Gasteiger partial charge < -0.3 is 14.7 Å². The van der Waals surface area contributed by atoms with Gasteiger partial charge in [0.2, 0.25) is 0 Å². The summed E-state index contributed by atoms with van der Waals surface area (Å²) >= 11 is 1.30. The predicted octanol–water partition coefficient (Wildman–Crippen LogP) is 2.83. The van der Waals surface area contributed by atoms with Crippen molar-refractivity contribution in [3.8, 4) is 0 Å². The van der Waals surface area contributed by atoms with Gasteiger partial charge in [0.15, 0.2) is 0 Å². The van der Waals surface area contributed by atoms with E-state index in [0.29, 0.717) is 36.4 Å². The molecular weight excluding hydrogens is 371 g/mol. The van der Waals surface area contributed by atoms with Crippen LogP contribution in [0.5, 0.6) is 0 Å². The maximum absolute atomic E-state index is 13.8. The van der Waals surface area contributed by atoms with Crippen LogP contribution in [0.4, 0.5) is 4.39 Å². The Morgan fingerprint density at radius 1 is 1.41 bits per heavy atom. The first kappa shape index (κ1) is 19.4. The Morgan fingerprint density at radius 3 is 2.89 bits per heavy atom. The van der Waals surface area contributed by atoms with Gasteiger partial charge in [0.25, 0.3) is 5.91 Å². The van der Waals surface area contributed by atoms with Crippen molar-refractivity contribution in [2.75, 3.05) is 26.8 Å². The zero-order chi connectivity index (χ0) is 19.4. The normalized spacial score (nSPS) is 19.9. The molecule has 3 rings (SSSR count). The number of carboxylic acid groups (broad SMARTS) is 1. The summed E-state index contributed by atoms with van der Waals surface area (Å²) < 4.78 is 18.9. The number of aromatic nitrogens is 1. The summed E-state index contributed by atoms with van der Waals surface area (Å²) in [6, 6.07) is 6.46. The van der Waals surface area contributed by atoms with E-state index in [-0.39, 0.29) is 30.6 Å². The molecule has 1 fully saturated rings. The van der Waals surface area contributed by atoms with Gasteiger partial charge in [-0.05, 0) is 24.5 Å². The number of hydrogen-bond donors (Lipinski definition) is 1. The zero-order valence-electron chi connectivity index (χ0n) is 15.0. The Hall–Kier alpha value is -2.32. The summed E-state index contributed by atoms with van der Waals surface area (Å²) in [7, 11) is 1.46. The minimum atomic E-state index is -1.09. The number of nitrogens with zero attached hydrogens (tertiary/aromatic N) is 2. The van der Waals surface area contributed by atoms with Crippen molar-refractivity contribution in [3.05, 3.63) is 51.7 Å². The first-order chi connectivity index (χ1) is 12.9. The summed E-state index contributed by atoms with van der Waals surface area (Å²) in [5.74, 6) is -1.56. The number of amides is 1. The molecule has 1 atom stereocenters. The van der Waals surface area contributed by atoms with E-state index in [0.717, 1.165) is 0 Å². The molecule has 27 heavy (non-hydrogen) atoms. The largest absolute Gasteiger partial charge is 0.481 e. The average Bonchev–Trinajstić information content (AvgIpc) is 3.12. The minimum Gasteiger partial charge on any atom is -0.481 e. The topological polar surface area (TPSA) is 79.7 Å². The molecule has 2 aromatic rings. The summed E-state index contributed by atoms with van der Waals surface area (Å²) in [4.78, 5) is 30.4. The molecule has 1 saturated heterocycles. The number of hydrogen-bond acceptors (Lipinski definition) is 5. The van der Waals surface area contributed by atoms with Gasteiger partial charge in [0.05, 0.1) is 11.6 Å². The molecule has 6 nitrogen and oxygen atoms in total. The third kappa shape index (κ3) is 4.17. The molecule has 1 aliphatic heterocycles. The SMILES string of the molecule is COCC1(C(=O)O)CCCN(C(=O)c2csc(Cc3ccccc3F)n2)C1. The Kier molecular flexibility index (Phi) is 5.86. The number of carbonyl (C=O) groups is 2. The fourth-order valence-electron chi connectivity index (χ4n) is 3.39. The Balaban J connectivity index is 1.73. The van der Waals surface area contributed by atoms with Crippen LogP contribution in [-0.2, 0) is 16.0 Å². The predicted molar refractivity (Wildman–Crippen MR) is 98.4 cm³/mol. The van der Waals surface area contributed by atoms with Crippen LogP contribution in [-0.4, -0.2) is 53.7 Å². The molecule has 0 bridgehead atoms. The maximum atomic E-state index is 13.8. The third-order valence-corrected chi connectivity index (χ3v) is 5.66. The molecule has 1 N–H and O–H groups in total. The second kappa shape index (κ2) is 8.14. The number of aliphatic carboxylic acids is 1. The molecule has 1 aliphatic rings. The molecule has 1 aromatic carbocycles. The smallest absolute Gasteiger partial charge is 0.313 e. The summed E-state index contributed by atoms with van der Waals surface area (Å²) in [5, 5.41) is 11.9. The zero-order valence-corrected chi connectivity index (χ0v) is 15.8. The molecule has 144 valence electrons. The van der Waals surface area contributed by atoms with Gasteiger partial charge >= 0.3 is 5.97 Å². The number of benzene rings is 1. The summed E-state index contributed by atoms with van der Waals surface area (Å²) in [5.41, 5.74) is -0.298. The highest BCUT2D eigenvalue weighted by atomic mass is 32.1. The van der Waals surface area contributed by atoms with Crippen molar-refractivity contribution in [1.82, 2.24) is 9.88 Å². The van der Waals surface area contributed by atoms with E-state index in [1.165, 1.54) is 29.4 Å². The van der Waals surface area contributed by atoms with Gasteiger partial charge in [-0.25, -0.2) is 9.37 Å². The van der Waals surface area contributed by atoms with Crippen LogP contribution in [0.15, 0.2) is 29.6 Å². The van der Waals surface area contributed by atoms with E-state index < -0.39 is 11.4 Å². The van der Waals surface area contributed by atoms with E-state index in [9.17, 15) is 19.1 Å². The standard InChI is InChI=1S/C19H21FN2O4S/c1-26-12-19(18(24)25)7-4-8-22(11-19)17(23)15-10-27-16(21-15)9-13-5-2-3-6-14(13)20/h2-3,5-6,10H,4,7-9,11-12H2,1H3,(H,24,25). The van der Waals surface area contributed by atoms with Gasteiger partial charge in [-0.3, -0.25) is 9.59 Å². The molecule has 0 aliphatic carbocycles. The number of thiazole rings is 1. The van der Waals surface area contributed by atoms with Crippen LogP contribution in [0.2, 0.25) is 0 Å². The molecule has 1 amide bonds. The van der Waals surface area contributed by atoms with E-state index >= 15 is 0 Å². The average molecular weight is 392 g/mol. The van der Waals surface area contributed by atoms with Crippen molar-refractivity contribution in [2.24, 2.45) is 5.41 Å².